The predicted octanol–water partition coefficient (Wildman–Crippen LogP) is 3.67. The molecule has 0 aromatic carbocycles. The SMILES string of the molecule is CC(C)c1nc(-c2cncc(Br)c2)c(N)s1. The summed E-state index contributed by atoms with van der Waals surface area (Å²) in [5.41, 5.74) is 7.76. The van der Waals surface area contributed by atoms with E-state index in [0.717, 1.165) is 25.7 Å². The van der Waals surface area contributed by atoms with E-state index in [1.165, 1.54) is 0 Å². The molecule has 16 heavy (non-hydrogen) atoms. The summed E-state index contributed by atoms with van der Waals surface area (Å²) in [5.74, 6) is 0.404. The van der Waals surface area contributed by atoms with Crippen LogP contribution >= 0.6 is 27.3 Å². The second-order valence-corrected chi connectivity index (χ2v) is 5.79. The summed E-state index contributed by atoms with van der Waals surface area (Å²) in [6, 6.07) is 1.97. The maximum atomic E-state index is 5.97. The molecule has 0 bridgehead atoms. The normalized spacial score (nSPS) is 11.0. The maximum Gasteiger partial charge on any atom is 0.114 e. The Labute approximate surface area is 107 Å². The predicted molar refractivity (Wildman–Crippen MR) is 71.5 cm³/mol. The molecule has 0 unspecified atom stereocenters. The fourth-order valence-electron chi connectivity index (χ4n) is 1.34. The number of halogens is 1. The van der Waals surface area contributed by atoms with Gasteiger partial charge in [-0.15, -0.1) is 11.3 Å². The summed E-state index contributed by atoms with van der Waals surface area (Å²) < 4.78 is 0.934. The largest absolute Gasteiger partial charge is 0.389 e. The van der Waals surface area contributed by atoms with E-state index in [1.807, 2.05) is 6.07 Å². The molecule has 3 nitrogen and oxygen atoms in total. The Morgan fingerprint density at radius 1 is 1.38 bits per heavy atom. The van der Waals surface area contributed by atoms with Crippen LogP contribution in [0.1, 0.15) is 24.8 Å². The highest BCUT2D eigenvalue weighted by Gasteiger charge is 2.13. The Bertz CT molecular complexity index is 508. The van der Waals surface area contributed by atoms with E-state index in [0.29, 0.717) is 5.92 Å². The Morgan fingerprint density at radius 2 is 2.12 bits per heavy atom. The second kappa shape index (κ2) is 4.51. The number of nitrogens with two attached hydrogens (primary N) is 1. The number of pyridine rings is 1. The van der Waals surface area contributed by atoms with Gasteiger partial charge in [-0.25, -0.2) is 4.98 Å². The van der Waals surface area contributed by atoms with Crippen molar-refractivity contribution in [3.8, 4) is 11.3 Å². The van der Waals surface area contributed by atoms with Crippen LogP contribution in [-0.2, 0) is 0 Å². The van der Waals surface area contributed by atoms with Crippen molar-refractivity contribution in [3.05, 3.63) is 27.9 Å². The van der Waals surface area contributed by atoms with Gasteiger partial charge in [0.1, 0.15) is 10.7 Å². The number of nitrogen functional groups attached to an aromatic ring is 1. The summed E-state index contributed by atoms with van der Waals surface area (Å²) in [4.78, 5) is 8.67. The molecular formula is C11H12BrN3S. The number of aromatic nitrogens is 2. The highest BCUT2D eigenvalue weighted by atomic mass is 79.9. The quantitative estimate of drug-likeness (QED) is 0.920. The van der Waals surface area contributed by atoms with Gasteiger partial charge in [0, 0.05) is 28.3 Å². The number of thiazole rings is 1. The Morgan fingerprint density at radius 3 is 2.69 bits per heavy atom. The first-order chi connectivity index (χ1) is 7.58. The minimum atomic E-state index is 0.404. The molecule has 2 rings (SSSR count). The highest BCUT2D eigenvalue weighted by Crippen LogP contribution is 2.34. The van der Waals surface area contributed by atoms with Crippen molar-refractivity contribution in [1.29, 1.82) is 0 Å². The van der Waals surface area contributed by atoms with E-state index >= 15 is 0 Å². The lowest BCUT2D eigenvalue weighted by Gasteiger charge is -1.98. The maximum absolute atomic E-state index is 5.97. The third-order valence-electron chi connectivity index (χ3n) is 2.14. The fourth-order valence-corrected chi connectivity index (χ4v) is 2.57. The smallest absolute Gasteiger partial charge is 0.114 e. The molecule has 0 spiro atoms. The van der Waals surface area contributed by atoms with E-state index in [4.69, 9.17) is 5.73 Å². The van der Waals surface area contributed by atoms with Crippen molar-refractivity contribution in [2.75, 3.05) is 5.73 Å². The fraction of sp³-hybridized carbons (Fsp3) is 0.273. The summed E-state index contributed by atoms with van der Waals surface area (Å²) in [6.45, 7) is 4.22. The van der Waals surface area contributed by atoms with Gasteiger partial charge in [-0.2, -0.15) is 0 Å². The molecule has 0 saturated heterocycles. The van der Waals surface area contributed by atoms with E-state index < -0.39 is 0 Å². The van der Waals surface area contributed by atoms with Gasteiger partial charge in [0.2, 0.25) is 0 Å². The van der Waals surface area contributed by atoms with Crippen LogP contribution in [0.15, 0.2) is 22.9 Å². The molecule has 0 aliphatic carbocycles. The van der Waals surface area contributed by atoms with Gasteiger partial charge in [-0.1, -0.05) is 13.8 Å². The zero-order valence-electron chi connectivity index (χ0n) is 9.07. The van der Waals surface area contributed by atoms with Gasteiger partial charge in [0.15, 0.2) is 0 Å². The minimum absolute atomic E-state index is 0.404. The topological polar surface area (TPSA) is 51.8 Å². The summed E-state index contributed by atoms with van der Waals surface area (Å²) in [5, 5.41) is 1.82. The lowest BCUT2D eigenvalue weighted by molar-refractivity contribution is 0.853. The van der Waals surface area contributed by atoms with Crippen LogP contribution in [0.2, 0.25) is 0 Å². The molecule has 5 heteroatoms. The van der Waals surface area contributed by atoms with Gasteiger partial charge < -0.3 is 5.73 Å². The van der Waals surface area contributed by atoms with E-state index in [-0.39, 0.29) is 0 Å². The molecule has 0 atom stereocenters. The minimum Gasteiger partial charge on any atom is -0.389 e. The first-order valence-corrected chi connectivity index (χ1v) is 6.56. The molecular weight excluding hydrogens is 286 g/mol. The number of hydrogen-bond acceptors (Lipinski definition) is 4. The van der Waals surface area contributed by atoms with Gasteiger partial charge in [-0.3, -0.25) is 4.98 Å². The first kappa shape index (κ1) is 11.5. The van der Waals surface area contributed by atoms with Crippen LogP contribution in [0.25, 0.3) is 11.3 Å². The summed E-state index contributed by atoms with van der Waals surface area (Å²) in [7, 11) is 0. The van der Waals surface area contributed by atoms with Crippen LogP contribution in [0, 0.1) is 0 Å². The van der Waals surface area contributed by atoms with Crippen molar-refractivity contribution in [3.63, 3.8) is 0 Å². The third-order valence-corrected chi connectivity index (χ3v) is 3.76. The summed E-state index contributed by atoms with van der Waals surface area (Å²) >= 11 is 4.94. The van der Waals surface area contributed by atoms with Crippen LogP contribution in [0.3, 0.4) is 0 Å². The van der Waals surface area contributed by atoms with Gasteiger partial charge in [0.25, 0.3) is 0 Å². The number of anilines is 1. The second-order valence-electron chi connectivity index (χ2n) is 3.81. The molecule has 0 saturated carbocycles. The molecule has 0 amide bonds. The van der Waals surface area contributed by atoms with E-state index in [2.05, 4.69) is 39.7 Å². The molecule has 0 radical (unpaired) electrons. The van der Waals surface area contributed by atoms with Crippen molar-refractivity contribution in [2.24, 2.45) is 0 Å². The van der Waals surface area contributed by atoms with Crippen molar-refractivity contribution < 1.29 is 0 Å². The molecule has 2 aromatic rings. The molecule has 84 valence electrons. The zero-order valence-corrected chi connectivity index (χ0v) is 11.5. The van der Waals surface area contributed by atoms with Crippen LogP contribution in [0.4, 0.5) is 5.00 Å². The lowest BCUT2D eigenvalue weighted by atomic mass is 10.2. The van der Waals surface area contributed by atoms with Gasteiger partial charge in [-0.05, 0) is 22.0 Å². The molecule has 2 aromatic heterocycles. The molecule has 0 fully saturated rings. The number of hydrogen-bond donors (Lipinski definition) is 1. The third kappa shape index (κ3) is 2.25. The summed E-state index contributed by atoms with van der Waals surface area (Å²) in [6.07, 6.45) is 3.52. The Hall–Kier alpha value is -0.940. The average Bonchev–Trinajstić information content (AvgIpc) is 2.60. The lowest BCUT2D eigenvalue weighted by Crippen LogP contribution is -1.88. The highest BCUT2D eigenvalue weighted by molar-refractivity contribution is 9.10. The molecule has 0 aliphatic heterocycles. The van der Waals surface area contributed by atoms with Crippen LogP contribution < -0.4 is 5.73 Å². The molecule has 2 N–H and O–H groups in total. The Kier molecular flexibility index (Phi) is 3.25. The Balaban J connectivity index is 2.48. The van der Waals surface area contributed by atoms with Crippen molar-refractivity contribution in [2.45, 2.75) is 19.8 Å². The number of rotatable bonds is 2. The standard InChI is InChI=1S/C11H12BrN3S/c1-6(2)11-15-9(10(13)16-11)7-3-8(12)5-14-4-7/h3-6H,13H2,1-2H3. The molecule has 2 heterocycles. The monoisotopic (exact) mass is 297 g/mol. The van der Waals surface area contributed by atoms with Gasteiger partial charge in [0.05, 0.1) is 5.01 Å². The number of nitrogens with zero attached hydrogens (tertiary/aromatic N) is 2. The van der Waals surface area contributed by atoms with Crippen LogP contribution in [0.5, 0.6) is 0 Å². The van der Waals surface area contributed by atoms with E-state index in [9.17, 15) is 0 Å². The molecule has 0 aliphatic rings. The van der Waals surface area contributed by atoms with Gasteiger partial charge >= 0.3 is 0 Å². The average molecular weight is 298 g/mol. The van der Waals surface area contributed by atoms with E-state index in [1.54, 1.807) is 23.7 Å². The van der Waals surface area contributed by atoms with Crippen molar-refractivity contribution in [1.82, 2.24) is 9.97 Å². The van der Waals surface area contributed by atoms with Crippen LogP contribution in [-0.4, -0.2) is 9.97 Å². The zero-order chi connectivity index (χ0) is 11.7. The first-order valence-electron chi connectivity index (χ1n) is 4.95. The van der Waals surface area contributed by atoms with Crippen molar-refractivity contribution >= 4 is 32.3 Å².